The first kappa shape index (κ1) is 13.2. The van der Waals surface area contributed by atoms with Crippen molar-refractivity contribution in [3.63, 3.8) is 0 Å². The number of rotatable bonds is 4. The van der Waals surface area contributed by atoms with Crippen LogP contribution in [0.25, 0.3) is 0 Å². The van der Waals surface area contributed by atoms with E-state index in [0.29, 0.717) is 12.0 Å². The Bertz CT molecular complexity index is 272. The van der Waals surface area contributed by atoms with Gasteiger partial charge in [0.05, 0.1) is 5.92 Å². The van der Waals surface area contributed by atoms with E-state index in [-0.39, 0.29) is 11.8 Å². The fraction of sp³-hybridized carbons (Fsp3) is 0.923. The van der Waals surface area contributed by atoms with Crippen molar-refractivity contribution < 1.29 is 4.79 Å². The Hall–Kier alpha value is -0.220. The Morgan fingerprint density at radius 3 is 2.88 bits per heavy atom. The second-order valence-electron chi connectivity index (χ2n) is 5.34. The molecule has 3 nitrogen and oxygen atoms in total. The molecule has 0 aromatic heterocycles. The molecule has 1 heterocycles. The van der Waals surface area contributed by atoms with Crippen LogP contribution in [-0.4, -0.2) is 36.0 Å². The predicted octanol–water partition coefficient (Wildman–Crippen LogP) is 1.63. The van der Waals surface area contributed by atoms with Crippen LogP contribution in [-0.2, 0) is 4.79 Å². The van der Waals surface area contributed by atoms with Gasteiger partial charge in [0, 0.05) is 17.8 Å². The molecule has 17 heavy (non-hydrogen) atoms. The van der Waals surface area contributed by atoms with Gasteiger partial charge in [-0.3, -0.25) is 4.79 Å². The van der Waals surface area contributed by atoms with Crippen molar-refractivity contribution in [2.45, 2.75) is 44.4 Å². The number of amides is 1. The van der Waals surface area contributed by atoms with Crippen molar-refractivity contribution in [2.75, 3.05) is 18.8 Å². The van der Waals surface area contributed by atoms with Crippen LogP contribution in [0, 0.1) is 11.8 Å². The summed E-state index contributed by atoms with van der Waals surface area (Å²) in [7, 11) is 0. The smallest absolute Gasteiger partial charge is 0.224 e. The summed E-state index contributed by atoms with van der Waals surface area (Å²) in [5.41, 5.74) is 0. The van der Waals surface area contributed by atoms with Gasteiger partial charge in [0.1, 0.15) is 0 Å². The van der Waals surface area contributed by atoms with E-state index in [2.05, 4.69) is 24.5 Å². The largest absolute Gasteiger partial charge is 0.353 e. The number of thioether (sulfide) groups is 1. The van der Waals surface area contributed by atoms with Crippen molar-refractivity contribution >= 4 is 17.7 Å². The van der Waals surface area contributed by atoms with Gasteiger partial charge >= 0.3 is 0 Å². The highest BCUT2D eigenvalue weighted by Gasteiger charge is 2.32. The van der Waals surface area contributed by atoms with Gasteiger partial charge in [-0.1, -0.05) is 13.8 Å². The Morgan fingerprint density at radius 2 is 2.24 bits per heavy atom. The zero-order valence-electron chi connectivity index (χ0n) is 10.9. The van der Waals surface area contributed by atoms with E-state index in [4.69, 9.17) is 0 Å². The zero-order valence-corrected chi connectivity index (χ0v) is 11.7. The highest BCUT2D eigenvalue weighted by molar-refractivity contribution is 7.99. The number of carbonyl (C=O) groups is 1. The van der Waals surface area contributed by atoms with Crippen molar-refractivity contribution in [3.8, 4) is 0 Å². The molecular formula is C13H24N2OS. The van der Waals surface area contributed by atoms with Crippen molar-refractivity contribution in [3.05, 3.63) is 0 Å². The second kappa shape index (κ2) is 6.10. The van der Waals surface area contributed by atoms with Crippen LogP contribution < -0.4 is 10.6 Å². The minimum absolute atomic E-state index is 0.188. The number of hydrogen-bond acceptors (Lipinski definition) is 3. The quantitative estimate of drug-likeness (QED) is 0.803. The molecule has 1 saturated heterocycles. The topological polar surface area (TPSA) is 41.1 Å². The van der Waals surface area contributed by atoms with Crippen molar-refractivity contribution in [2.24, 2.45) is 11.8 Å². The summed E-state index contributed by atoms with van der Waals surface area (Å²) in [6.45, 7) is 6.21. The molecule has 2 rings (SSSR count). The summed E-state index contributed by atoms with van der Waals surface area (Å²) in [5.74, 6) is 2.13. The number of carbonyl (C=O) groups excluding carboxylic acids is 1. The molecule has 98 valence electrons. The predicted molar refractivity (Wildman–Crippen MR) is 73.2 cm³/mol. The molecule has 4 atom stereocenters. The van der Waals surface area contributed by atoms with Gasteiger partial charge in [-0.05, 0) is 37.5 Å². The molecule has 2 N–H and O–H groups in total. The highest BCUT2D eigenvalue weighted by atomic mass is 32.2. The molecule has 4 heteroatoms. The van der Waals surface area contributed by atoms with Gasteiger partial charge < -0.3 is 10.6 Å². The zero-order chi connectivity index (χ0) is 12.3. The Labute approximate surface area is 108 Å². The first-order valence-electron chi connectivity index (χ1n) is 6.83. The van der Waals surface area contributed by atoms with Crippen LogP contribution in [0.1, 0.15) is 33.1 Å². The Morgan fingerprint density at radius 1 is 1.41 bits per heavy atom. The molecule has 1 aliphatic carbocycles. The van der Waals surface area contributed by atoms with E-state index >= 15 is 0 Å². The summed E-state index contributed by atoms with van der Waals surface area (Å²) < 4.78 is 0. The van der Waals surface area contributed by atoms with Crippen molar-refractivity contribution in [1.82, 2.24) is 10.6 Å². The molecule has 0 spiro atoms. The van der Waals surface area contributed by atoms with Gasteiger partial charge in [0.2, 0.25) is 5.91 Å². The molecule has 1 saturated carbocycles. The summed E-state index contributed by atoms with van der Waals surface area (Å²) in [6.07, 6.45) is 3.60. The summed E-state index contributed by atoms with van der Waals surface area (Å²) in [5, 5.41) is 7.31. The molecular weight excluding hydrogens is 232 g/mol. The van der Waals surface area contributed by atoms with E-state index in [1.807, 2.05) is 11.8 Å². The molecule has 2 aliphatic rings. The minimum Gasteiger partial charge on any atom is -0.353 e. The molecule has 0 radical (unpaired) electrons. The minimum atomic E-state index is 0.188. The third-order valence-corrected chi connectivity index (χ3v) is 5.22. The Balaban J connectivity index is 1.76. The lowest BCUT2D eigenvalue weighted by atomic mass is 9.97. The van der Waals surface area contributed by atoms with E-state index < -0.39 is 0 Å². The molecule has 0 aromatic rings. The van der Waals surface area contributed by atoms with E-state index in [9.17, 15) is 4.79 Å². The maximum atomic E-state index is 12.1. The third-order valence-electron chi connectivity index (χ3n) is 3.99. The average molecular weight is 256 g/mol. The molecule has 1 amide bonds. The van der Waals surface area contributed by atoms with Crippen LogP contribution in [0.5, 0.6) is 0 Å². The van der Waals surface area contributed by atoms with Crippen LogP contribution in [0.4, 0.5) is 0 Å². The number of nitrogens with one attached hydrogen (secondary N) is 2. The standard InChI is InChI=1S/C13H24N2OS/c1-3-17-11-5-4-10(6-11)15-13(16)12-8-14-7-9(12)2/h9-12,14H,3-8H2,1-2H3,(H,15,16). The van der Waals surface area contributed by atoms with E-state index in [0.717, 1.165) is 24.8 Å². The lowest BCUT2D eigenvalue weighted by Crippen LogP contribution is -2.40. The number of hydrogen-bond donors (Lipinski definition) is 2. The van der Waals surface area contributed by atoms with Gasteiger partial charge in [-0.15, -0.1) is 0 Å². The van der Waals surface area contributed by atoms with E-state index in [1.165, 1.54) is 18.6 Å². The highest BCUT2D eigenvalue weighted by Crippen LogP contribution is 2.30. The fourth-order valence-corrected chi connectivity index (χ4v) is 4.07. The maximum absolute atomic E-state index is 12.1. The lowest BCUT2D eigenvalue weighted by molar-refractivity contribution is -0.126. The summed E-state index contributed by atoms with van der Waals surface area (Å²) in [4.78, 5) is 12.1. The first-order chi connectivity index (χ1) is 8.20. The molecule has 4 unspecified atom stereocenters. The van der Waals surface area contributed by atoms with Gasteiger partial charge in [-0.2, -0.15) is 11.8 Å². The fourth-order valence-electron chi connectivity index (χ4n) is 2.93. The van der Waals surface area contributed by atoms with Crippen LogP contribution in [0.15, 0.2) is 0 Å². The van der Waals surface area contributed by atoms with Crippen LogP contribution in [0.3, 0.4) is 0 Å². The van der Waals surface area contributed by atoms with Gasteiger partial charge in [0.15, 0.2) is 0 Å². The van der Waals surface area contributed by atoms with Crippen LogP contribution >= 0.6 is 11.8 Å². The summed E-state index contributed by atoms with van der Waals surface area (Å²) in [6, 6.07) is 0.430. The van der Waals surface area contributed by atoms with Gasteiger partial charge in [-0.25, -0.2) is 0 Å². The average Bonchev–Trinajstić information content (AvgIpc) is 2.88. The first-order valence-corrected chi connectivity index (χ1v) is 7.88. The third kappa shape index (κ3) is 3.38. The summed E-state index contributed by atoms with van der Waals surface area (Å²) >= 11 is 2.04. The monoisotopic (exact) mass is 256 g/mol. The maximum Gasteiger partial charge on any atom is 0.224 e. The van der Waals surface area contributed by atoms with Crippen molar-refractivity contribution in [1.29, 1.82) is 0 Å². The molecule has 2 fully saturated rings. The molecule has 1 aliphatic heterocycles. The lowest BCUT2D eigenvalue weighted by Gasteiger charge is -2.18. The Kier molecular flexibility index (Phi) is 4.74. The van der Waals surface area contributed by atoms with Crippen LogP contribution in [0.2, 0.25) is 0 Å². The van der Waals surface area contributed by atoms with Gasteiger partial charge in [0.25, 0.3) is 0 Å². The second-order valence-corrected chi connectivity index (χ2v) is 6.92. The SMILES string of the molecule is CCSC1CCC(NC(=O)C2CNCC2C)C1. The molecule has 0 bridgehead atoms. The van der Waals surface area contributed by atoms with E-state index in [1.54, 1.807) is 0 Å². The normalized spacial score (nSPS) is 37.3. The molecule has 0 aromatic carbocycles.